The molecular weight excluding hydrogens is 317 g/mol. The van der Waals surface area contributed by atoms with Gasteiger partial charge >= 0.3 is 0 Å². The van der Waals surface area contributed by atoms with Crippen LogP contribution < -0.4 is 0 Å². The van der Waals surface area contributed by atoms with Crippen molar-refractivity contribution in [1.82, 2.24) is 14.8 Å². The van der Waals surface area contributed by atoms with Crippen molar-refractivity contribution >= 4 is 40.8 Å². The lowest BCUT2D eigenvalue weighted by atomic mass is 10.3. The second kappa shape index (κ2) is 5.36. The summed E-state index contributed by atoms with van der Waals surface area (Å²) in [6.07, 6.45) is 4.05. The second-order valence-electron chi connectivity index (χ2n) is 3.93. The number of aromatic nitrogens is 3. The molecule has 0 aliphatic carbocycles. The zero-order valence-corrected chi connectivity index (χ0v) is 12.3. The van der Waals surface area contributed by atoms with Gasteiger partial charge in [0, 0.05) is 22.8 Å². The highest BCUT2D eigenvalue weighted by Crippen LogP contribution is 2.28. The lowest BCUT2D eigenvalue weighted by molar-refractivity contribution is 0.112. The smallest absolute Gasteiger partial charge is 0.153 e. The fourth-order valence-corrected chi connectivity index (χ4v) is 2.91. The molecule has 0 bridgehead atoms. The molecule has 4 nitrogen and oxygen atoms in total. The number of halogens is 2. The van der Waals surface area contributed by atoms with E-state index in [-0.39, 0.29) is 0 Å². The van der Waals surface area contributed by atoms with Gasteiger partial charge in [-0.05, 0) is 18.2 Å². The number of benzene rings is 1. The average Bonchev–Trinajstić information content (AvgIpc) is 3.07. The van der Waals surface area contributed by atoms with Crippen molar-refractivity contribution < 1.29 is 4.79 Å². The Kier molecular flexibility index (Phi) is 3.56. The molecule has 0 unspecified atom stereocenters. The van der Waals surface area contributed by atoms with Crippen LogP contribution >= 0.6 is 34.5 Å². The Labute approximate surface area is 128 Å². The molecule has 0 N–H and O–H groups in total. The Balaban J connectivity index is 2.14. The Morgan fingerprint density at radius 3 is 2.80 bits per heavy atom. The number of nitrogens with zero attached hydrogens (tertiary/aromatic N) is 3. The fraction of sp³-hybridized carbons (Fsp3) is 0. The largest absolute Gasteiger partial charge is 0.298 e. The highest BCUT2D eigenvalue weighted by Gasteiger charge is 2.15. The van der Waals surface area contributed by atoms with Gasteiger partial charge in [-0.3, -0.25) is 4.79 Å². The first-order valence-corrected chi connectivity index (χ1v) is 7.23. The topological polar surface area (TPSA) is 47.8 Å². The number of carbonyl (C=O) groups is 1. The molecule has 2 aromatic heterocycles. The minimum absolute atomic E-state index is 0.461. The first-order chi connectivity index (χ1) is 9.69. The van der Waals surface area contributed by atoms with Gasteiger partial charge in [-0.1, -0.05) is 23.2 Å². The lowest BCUT2D eigenvalue weighted by Crippen LogP contribution is -1.95. The minimum atomic E-state index is 0.461. The highest BCUT2D eigenvalue weighted by atomic mass is 35.5. The molecule has 0 atom stereocenters. The van der Waals surface area contributed by atoms with Crippen molar-refractivity contribution in [2.45, 2.75) is 0 Å². The van der Waals surface area contributed by atoms with Gasteiger partial charge in [0.2, 0.25) is 0 Å². The van der Waals surface area contributed by atoms with Gasteiger partial charge in [0.15, 0.2) is 6.29 Å². The Hall–Kier alpha value is -1.69. The molecule has 0 aliphatic rings. The van der Waals surface area contributed by atoms with Crippen LogP contribution in [0.5, 0.6) is 0 Å². The average molecular weight is 324 g/mol. The van der Waals surface area contributed by atoms with E-state index in [4.69, 9.17) is 23.2 Å². The van der Waals surface area contributed by atoms with Gasteiger partial charge in [-0.25, -0.2) is 9.67 Å². The third kappa shape index (κ3) is 2.35. The van der Waals surface area contributed by atoms with Gasteiger partial charge < -0.3 is 0 Å². The van der Waals surface area contributed by atoms with E-state index in [2.05, 4.69) is 10.1 Å². The van der Waals surface area contributed by atoms with Crippen LogP contribution in [0.3, 0.4) is 0 Å². The molecule has 2 heterocycles. The molecular formula is C13H7Cl2N3OS. The molecule has 100 valence electrons. The van der Waals surface area contributed by atoms with Crippen molar-refractivity contribution in [1.29, 1.82) is 0 Å². The van der Waals surface area contributed by atoms with E-state index in [9.17, 15) is 4.79 Å². The van der Waals surface area contributed by atoms with E-state index >= 15 is 0 Å². The van der Waals surface area contributed by atoms with Crippen molar-refractivity contribution in [2.24, 2.45) is 0 Å². The lowest BCUT2D eigenvalue weighted by Gasteiger charge is -2.03. The maximum absolute atomic E-state index is 11.2. The summed E-state index contributed by atoms with van der Waals surface area (Å²) in [7, 11) is 0. The molecule has 3 aromatic rings. The van der Waals surface area contributed by atoms with Crippen LogP contribution in [-0.4, -0.2) is 21.1 Å². The fourth-order valence-electron chi connectivity index (χ4n) is 1.77. The molecule has 0 saturated carbocycles. The number of carbonyl (C=O) groups excluding carboxylic acids is 1. The van der Waals surface area contributed by atoms with E-state index in [1.807, 2.05) is 5.38 Å². The molecule has 0 spiro atoms. The second-order valence-corrected chi connectivity index (χ2v) is 5.67. The monoisotopic (exact) mass is 323 g/mol. The first-order valence-electron chi connectivity index (χ1n) is 5.59. The molecule has 0 saturated heterocycles. The van der Waals surface area contributed by atoms with Gasteiger partial charge in [0.05, 0.1) is 16.3 Å². The standard InChI is InChI=1S/C13H7Cl2N3OS/c14-9-1-2-11(10(15)5-9)18-6-8(7-19)12(17-18)13-16-3-4-20-13/h1-7H. The van der Waals surface area contributed by atoms with Crippen molar-refractivity contribution in [2.75, 3.05) is 0 Å². The minimum Gasteiger partial charge on any atom is -0.298 e. The molecule has 0 radical (unpaired) electrons. The summed E-state index contributed by atoms with van der Waals surface area (Å²) in [5.41, 5.74) is 1.66. The maximum Gasteiger partial charge on any atom is 0.153 e. The summed E-state index contributed by atoms with van der Waals surface area (Å²) in [6, 6.07) is 5.09. The third-order valence-corrected chi connectivity index (χ3v) is 3.98. The molecule has 0 aliphatic heterocycles. The molecule has 0 fully saturated rings. The highest BCUT2D eigenvalue weighted by molar-refractivity contribution is 7.13. The predicted molar refractivity (Wildman–Crippen MR) is 80.1 cm³/mol. The number of hydrogen-bond acceptors (Lipinski definition) is 4. The number of aldehydes is 1. The van der Waals surface area contributed by atoms with Gasteiger partial charge in [-0.15, -0.1) is 11.3 Å². The van der Waals surface area contributed by atoms with Crippen LogP contribution in [0.25, 0.3) is 16.4 Å². The van der Waals surface area contributed by atoms with Crippen LogP contribution in [0, 0.1) is 0 Å². The van der Waals surface area contributed by atoms with Crippen LogP contribution in [-0.2, 0) is 0 Å². The summed E-state index contributed by atoms with van der Waals surface area (Å²) in [5, 5.41) is 7.92. The Morgan fingerprint density at radius 1 is 1.30 bits per heavy atom. The number of thiazole rings is 1. The number of hydrogen-bond donors (Lipinski definition) is 0. The van der Waals surface area contributed by atoms with Crippen LogP contribution in [0.2, 0.25) is 10.0 Å². The summed E-state index contributed by atoms with van der Waals surface area (Å²) < 4.78 is 1.55. The molecule has 7 heteroatoms. The summed E-state index contributed by atoms with van der Waals surface area (Å²) >= 11 is 13.4. The van der Waals surface area contributed by atoms with E-state index in [1.165, 1.54) is 11.3 Å². The summed E-state index contributed by atoms with van der Waals surface area (Å²) in [6.45, 7) is 0. The summed E-state index contributed by atoms with van der Waals surface area (Å²) in [4.78, 5) is 15.3. The zero-order chi connectivity index (χ0) is 14.1. The van der Waals surface area contributed by atoms with Crippen LogP contribution in [0.1, 0.15) is 10.4 Å². The molecule has 3 rings (SSSR count). The van der Waals surface area contributed by atoms with Crippen molar-refractivity contribution in [3.05, 3.63) is 51.6 Å². The van der Waals surface area contributed by atoms with Gasteiger partial charge in [0.1, 0.15) is 10.7 Å². The van der Waals surface area contributed by atoms with Crippen molar-refractivity contribution in [3.8, 4) is 16.4 Å². The molecule has 0 amide bonds. The van der Waals surface area contributed by atoms with Gasteiger partial charge in [0.25, 0.3) is 0 Å². The molecule has 20 heavy (non-hydrogen) atoms. The van der Waals surface area contributed by atoms with Crippen molar-refractivity contribution in [3.63, 3.8) is 0 Å². The van der Waals surface area contributed by atoms with E-state index in [0.717, 1.165) is 6.29 Å². The number of rotatable bonds is 3. The maximum atomic E-state index is 11.2. The Morgan fingerprint density at radius 2 is 2.15 bits per heavy atom. The first kappa shape index (κ1) is 13.3. The third-order valence-electron chi connectivity index (χ3n) is 2.66. The molecule has 1 aromatic carbocycles. The van der Waals surface area contributed by atoms with E-state index in [0.29, 0.717) is 32.0 Å². The SMILES string of the molecule is O=Cc1cn(-c2ccc(Cl)cc2Cl)nc1-c1nccs1. The Bertz CT molecular complexity index is 768. The van der Waals surface area contributed by atoms with E-state index < -0.39 is 0 Å². The van der Waals surface area contributed by atoms with Crippen LogP contribution in [0.15, 0.2) is 36.0 Å². The zero-order valence-electron chi connectivity index (χ0n) is 9.96. The van der Waals surface area contributed by atoms with Crippen LogP contribution in [0.4, 0.5) is 0 Å². The summed E-state index contributed by atoms with van der Waals surface area (Å²) in [5.74, 6) is 0. The predicted octanol–water partition coefficient (Wildman–Crippen LogP) is 4.12. The normalized spacial score (nSPS) is 10.7. The quantitative estimate of drug-likeness (QED) is 0.681. The van der Waals surface area contributed by atoms with Gasteiger partial charge in [-0.2, -0.15) is 5.10 Å². The van der Waals surface area contributed by atoms with E-state index in [1.54, 1.807) is 35.3 Å².